The van der Waals surface area contributed by atoms with E-state index in [0.29, 0.717) is 5.82 Å². The first kappa shape index (κ1) is 15.5. The van der Waals surface area contributed by atoms with E-state index in [2.05, 4.69) is 15.7 Å². The van der Waals surface area contributed by atoms with Gasteiger partial charge in [0.25, 0.3) is 0 Å². The van der Waals surface area contributed by atoms with Crippen molar-refractivity contribution < 1.29 is 4.79 Å². The van der Waals surface area contributed by atoms with Gasteiger partial charge in [0.15, 0.2) is 5.82 Å². The molecule has 1 saturated heterocycles. The Bertz CT molecular complexity index is 578. The van der Waals surface area contributed by atoms with Gasteiger partial charge in [-0.3, -0.25) is 4.79 Å². The third kappa shape index (κ3) is 3.83. The van der Waals surface area contributed by atoms with E-state index in [-0.39, 0.29) is 24.4 Å². The van der Waals surface area contributed by atoms with Crippen LogP contribution in [0.5, 0.6) is 0 Å². The van der Waals surface area contributed by atoms with Crippen LogP contribution in [0.4, 0.5) is 5.82 Å². The second-order valence-electron chi connectivity index (χ2n) is 4.97. The van der Waals surface area contributed by atoms with Crippen LogP contribution in [-0.2, 0) is 4.79 Å². The molecule has 2 heterocycles. The first-order chi connectivity index (χ1) is 9.83. The lowest BCUT2D eigenvalue weighted by molar-refractivity contribution is -0.118. The number of amides is 1. The zero-order valence-electron chi connectivity index (χ0n) is 11.7. The SMILES string of the molecule is Cl.O=C(Nc1ccn(-c2ccccc2)n1)C1CCCCN1. The maximum atomic E-state index is 12.1. The maximum absolute atomic E-state index is 12.1. The second kappa shape index (κ2) is 7.24. The molecule has 3 rings (SSSR count). The quantitative estimate of drug-likeness (QED) is 0.915. The van der Waals surface area contributed by atoms with E-state index >= 15 is 0 Å². The molecule has 112 valence electrons. The van der Waals surface area contributed by atoms with Gasteiger partial charge in [-0.15, -0.1) is 12.4 Å². The summed E-state index contributed by atoms with van der Waals surface area (Å²) < 4.78 is 1.75. The van der Waals surface area contributed by atoms with Crippen LogP contribution in [0.25, 0.3) is 5.69 Å². The Morgan fingerprint density at radius 1 is 1.24 bits per heavy atom. The average molecular weight is 307 g/mol. The summed E-state index contributed by atoms with van der Waals surface area (Å²) in [6.07, 6.45) is 4.99. The van der Waals surface area contributed by atoms with Gasteiger partial charge in [0.05, 0.1) is 11.7 Å². The third-order valence-electron chi connectivity index (χ3n) is 3.49. The van der Waals surface area contributed by atoms with E-state index in [1.54, 1.807) is 4.68 Å². The number of anilines is 1. The van der Waals surface area contributed by atoms with Gasteiger partial charge in [0, 0.05) is 12.3 Å². The summed E-state index contributed by atoms with van der Waals surface area (Å²) in [5.74, 6) is 0.592. The molecular formula is C15H19ClN4O. The van der Waals surface area contributed by atoms with Crippen LogP contribution >= 0.6 is 12.4 Å². The number of nitrogens with one attached hydrogen (secondary N) is 2. The fourth-order valence-electron chi connectivity index (χ4n) is 2.40. The molecule has 0 bridgehead atoms. The predicted octanol–water partition coefficient (Wildman–Crippen LogP) is 2.37. The maximum Gasteiger partial charge on any atom is 0.242 e. The zero-order valence-corrected chi connectivity index (χ0v) is 12.5. The molecule has 0 radical (unpaired) electrons. The number of halogens is 1. The number of carbonyl (C=O) groups is 1. The molecule has 1 atom stereocenters. The van der Waals surface area contributed by atoms with E-state index in [1.165, 1.54) is 0 Å². The van der Waals surface area contributed by atoms with Crippen molar-refractivity contribution in [3.63, 3.8) is 0 Å². The Balaban J connectivity index is 0.00000161. The molecule has 1 fully saturated rings. The van der Waals surface area contributed by atoms with E-state index < -0.39 is 0 Å². The minimum absolute atomic E-state index is 0. The van der Waals surface area contributed by atoms with Crippen molar-refractivity contribution in [3.05, 3.63) is 42.6 Å². The molecule has 1 aromatic carbocycles. The number of para-hydroxylation sites is 1. The summed E-state index contributed by atoms with van der Waals surface area (Å²) >= 11 is 0. The Morgan fingerprint density at radius 2 is 2.05 bits per heavy atom. The third-order valence-corrected chi connectivity index (χ3v) is 3.49. The largest absolute Gasteiger partial charge is 0.308 e. The highest BCUT2D eigenvalue weighted by Crippen LogP contribution is 2.12. The Labute approximate surface area is 130 Å². The number of hydrogen-bond donors (Lipinski definition) is 2. The topological polar surface area (TPSA) is 59.0 Å². The lowest BCUT2D eigenvalue weighted by Crippen LogP contribution is -2.43. The van der Waals surface area contributed by atoms with Crippen molar-refractivity contribution in [2.75, 3.05) is 11.9 Å². The molecule has 6 heteroatoms. The van der Waals surface area contributed by atoms with Crippen molar-refractivity contribution >= 4 is 24.1 Å². The van der Waals surface area contributed by atoms with Gasteiger partial charge in [-0.2, -0.15) is 5.10 Å². The van der Waals surface area contributed by atoms with E-state index in [9.17, 15) is 4.79 Å². The number of benzene rings is 1. The summed E-state index contributed by atoms with van der Waals surface area (Å²) in [4.78, 5) is 12.1. The molecule has 2 N–H and O–H groups in total. The monoisotopic (exact) mass is 306 g/mol. The summed E-state index contributed by atoms with van der Waals surface area (Å²) in [5, 5.41) is 10.5. The number of hydrogen-bond acceptors (Lipinski definition) is 3. The van der Waals surface area contributed by atoms with Gasteiger partial charge in [-0.05, 0) is 31.5 Å². The van der Waals surface area contributed by atoms with Gasteiger partial charge in [-0.1, -0.05) is 24.6 Å². The van der Waals surface area contributed by atoms with Gasteiger partial charge >= 0.3 is 0 Å². The molecule has 1 unspecified atom stereocenters. The average Bonchev–Trinajstić information content (AvgIpc) is 2.97. The summed E-state index contributed by atoms with van der Waals surface area (Å²) in [6.45, 7) is 0.913. The number of carbonyl (C=O) groups excluding carboxylic acids is 1. The Morgan fingerprint density at radius 3 is 2.76 bits per heavy atom. The first-order valence-corrected chi connectivity index (χ1v) is 6.98. The smallest absolute Gasteiger partial charge is 0.242 e. The van der Waals surface area contributed by atoms with E-state index in [1.807, 2.05) is 42.6 Å². The molecule has 1 aromatic heterocycles. The normalized spacial score (nSPS) is 17.8. The molecule has 1 aliphatic heterocycles. The molecule has 1 aliphatic rings. The second-order valence-corrected chi connectivity index (χ2v) is 4.97. The fourth-order valence-corrected chi connectivity index (χ4v) is 2.40. The van der Waals surface area contributed by atoms with Gasteiger partial charge < -0.3 is 10.6 Å². The highest BCUT2D eigenvalue weighted by atomic mass is 35.5. The molecule has 1 amide bonds. The molecule has 0 spiro atoms. The van der Waals surface area contributed by atoms with Gasteiger partial charge in [0.1, 0.15) is 0 Å². The Kier molecular flexibility index (Phi) is 5.36. The molecule has 21 heavy (non-hydrogen) atoms. The molecule has 0 saturated carbocycles. The number of aromatic nitrogens is 2. The predicted molar refractivity (Wildman–Crippen MR) is 85.1 cm³/mol. The van der Waals surface area contributed by atoms with Crippen molar-refractivity contribution in [2.24, 2.45) is 0 Å². The van der Waals surface area contributed by atoms with Crippen LogP contribution < -0.4 is 10.6 Å². The zero-order chi connectivity index (χ0) is 13.8. The lowest BCUT2D eigenvalue weighted by atomic mass is 10.0. The molecular weight excluding hydrogens is 288 g/mol. The standard InChI is InChI=1S/C15H18N4O.ClH/c20-15(13-8-4-5-10-16-13)17-14-9-11-19(18-14)12-6-2-1-3-7-12;/h1-3,6-7,9,11,13,16H,4-5,8,10H2,(H,17,18,20);1H. The van der Waals surface area contributed by atoms with E-state index in [4.69, 9.17) is 0 Å². The van der Waals surface area contributed by atoms with E-state index in [0.717, 1.165) is 31.5 Å². The molecule has 0 aliphatic carbocycles. The first-order valence-electron chi connectivity index (χ1n) is 6.98. The van der Waals surface area contributed by atoms with Crippen LogP contribution in [0, 0.1) is 0 Å². The van der Waals surface area contributed by atoms with Crippen molar-refractivity contribution in [3.8, 4) is 5.69 Å². The number of nitrogens with zero attached hydrogens (tertiary/aromatic N) is 2. The summed E-state index contributed by atoms with van der Waals surface area (Å²) in [6, 6.07) is 11.6. The highest BCUT2D eigenvalue weighted by Gasteiger charge is 2.20. The minimum atomic E-state index is -0.0920. The summed E-state index contributed by atoms with van der Waals surface area (Å²) in [5.41, 5.74) is 0.976. The van der Waals surface area contributed by atoms with Crippen LogP contribution in [0.3, 0.4) is 0 Å². The number of piperidine rings is 1. The van der Waals surface area contributed by atoms with Gasteiger partial charge in [0.2, 0.25) is 5.91 Å². The van der Waals surface area contributed by atoms with Crippen LogP contribution in [0.1, 0.15) is 19.3 Å². The highest BCUT2D eigenvalue weighted by molar-refractivity contribution is 5.94. The molecule has 5 nitrogen and oxygen atoms in total. The summed E-state index contributed by atoms with van der Waals surface area (Å²) in [7, 11) is 0. The fraction of sp³-hybridized carbons (Fsp3) is 0.333. The van der Waals surface area contributed by atoms with Crippen LogP contribution in [0.2, 0.25) is 0 Å². The number of rotatable bonds is 3. The van der Waals surface area contributed by atoms with Crippen molar-refractivity contribution in [1.82, 2.24) is 15.1 Å². The van der Waals surface area contributed by atoms with Crippen LogP contribution in [0.15, 0.2) is 42.6 Å². The van der Waals surface area contributed by atoms with Crippen molar-refractivity contribution in [1.29, 1.82) is 0 Å². The van der Waals surface area contributed by atoms with Crippen LogP contribution in [-0.4, -0.2) is 28.3 Å². The molecule has 2 aromatic rings. The van der Waals surface area contributed by atoms with Crippen molar-refractivity contribution in [2.45, 2.75) is 25.3 Å². The minimum Gasteiger partial charge on any atom is -0.308 e. The van der Waals surface area contributed by atoms with Gasteiger partial charge in [-0.25, -0.2) is 4.68 Å². The Hall–Kier alpha value is -1.85. The lowest BCUT2D eigenvalue weighted by Gasteiger charge is -2.21.